The van der Waals surface area contributed by atoms with Gasteiger partial charge in [-0.05, 0) is 14.0 Å². The number of nitrogens with one attached hydrogen (secondary N) is 1. The molecule has 0 aliphatic carbocycles. The maximum absolute atomic E-state index is 10.9. The molecular weight excluding hydrogens is 142 g/mol. The van der Waals surface area contributed by atoms with Crippen LogP contribution in [0.4, 0.5) is 9.59 Å². The van der Waals surface area contributed by atoms with E-state index in [9.17, 15) is 9.59 Å². The second kappa shape index (κ2) is 4.18. The quantitative estimate of drug-likeness (QED) is 0.383. The Labute approximate surface area is 68.1 Å². The summed E-state index contributed by atoms with van der Waals surface area (Å²) in [6.07, 6.45) is -0.231. The lowest BCUT2D eigenvalue weighted by Crippen LogP contribution is -2.48. The Kier molecular flexibility index (Phi) is 3.89. The summed E-state index contributed by atoms with van der Waals surface area (Å²) in [6.45, 7) is 1.75. The molecule has 0 fully saturated rings. The average Bonchev–Trinajstić information content (AvgIpc) is 1.85. The zero-order chi connectivity index (χ0) is 9.02. The van der Waals surface area contributed by atoms with E-state index >= 15 is 0 Å². The maximum atomic E-state index is 10.9. The minimum absolute atomic E-state index is 0.231. The van der Waals surface area contributed by atoms with E-state index in [0.717, 1.165) is 0 Å². The largest absolute Gasteiger partial charge is 0.300 e. The molecule has 1 atom stereocenters. The van der Waals surface area contributed by atoms with Crippen LogP contribution in [0.5, 0.6) is 0 Å². The lowest BCUT2D eigenvalue weighted by Gasteiger charge is -2.25. The van der Waals surface area contributed by atoms with E-state index in [1.165, 1.54) is 20.6 Å². The average molecular weight is 154 g/mol. The number of imide groups is 1. The van der Waals surface area contributed by atoms with Gasteiger partial charge < -0.3 is 5.32 Å². The van der Waals surface area contributed by atoms with Crippen LogP contribution in [0.15, 0.2) is 0 Å². The topological polar surface area (TPSA) is 49.4 Å². The summed E-state index contributed by atoms with van der Waals surface area (Å²) in [5, 5.41) is 2.81. The molecule has 2 amide bonds. The highest BCUT2D eigenvalue weighted by atomic mass is 16.2. The van der Waals surface area contributed by atoms with Crippen molar-refractivity contribution in [1.29, 1.82) is 0 Å². The van der Waals surface area contributed by atoms with E-state index < -0.39 is 0 Å². The Morgan fingerprint density at radius 1 is 1.36 bits per heavy atom. The lowest BCUT2D eigenvalue weighted by atomic mass is 10.0. The van der Waals surface area contributed by atoms with Gasteiger partial charge in [-0.15, -0.1) is 0 Å². The van der Waals surface area contributed by atoms with E-state index in [0.29, 0.717) is 0 Å². The van der Waals surface area contributed by atoms with Gasteiger partial charge in [0.1, 0.15) is 0 Å². The van der Waals surface area contributed by atoms with Gasteiger partial charge in [0.25, 0.3) is 0 Å². The smallest absolute Gasteiger partial charge is 0.216 e. The van der Waals surface area contributed by atoms with Crippen molar-refractivity contribution in [3.63, 3.8) is 0 Å². The van der Waals surface area contributed by atoms with Gasteiger partial charge in [-0.2, -0.15) is 0 Å². The van der Waals surface area contributed by atoms with Gasteiger partial charge in [0.2, 0.25) is 15.7 Å². The maximum Gasteiger partial charge on any atom is 0.216 e. The van der Waals surface area contributed by atoms with Crippen molar-refractivity contribution in [1.82, 2.24) is 10.2 Å². The molecule has 0 aliphatic rings. The lowest BCUT2D eigenvalue weighted by molar-refractivity contribution is 0.195. The van der Waals surface area contributed by atoms with Crippen molar-refractivity contribution in [2.24, 2.45) is 0 Å². The monoisotopic (exact) mass is 154 g/mol. The molecule has 0 bridgehead atoms. The molecule has 1 N–H and O–H groups in total. The van der Waals surface area contributed by atoms with E-state index in [1.54, 1.807) is 14.0 Å². The highest BCUT2D eigenvalue weighted by Gasteiger charge is 2.17. The second-order valence-electron chi connectivity index (χ2n) is 2.37. The summed E-state index contributed by atoms with van der Waals surface area (Å²) < 4.78 is 0. The number of hydrogen-bond donors (Lipinski definition) is 1. The third-order valence-corrected chi connectivity index (χ3v) is 1.48. The van der Waals surface area contributed by atoms with E-state index in [2.05, 4.69) is 5.32 Å². The molecule has 1 unspecified atom stereocenters. The first kappa shape index (κ1) is 10.2. The van der Waals surface area contributed by atoms with Crippen LogP contribution in [0.2, 0.25) is 0 Å². The molecule has 11 heavy (non-hydrogen) atoms. The van der Waals surface area contributed by atoms with Gasteiger partial charge in [0.15, 0.2) is 11.6 Å². The first-order valence-corrected chi connectivity index (χ1v) is 3.48. The fourth-order valence-corrected chi connectivity index (χ4v) is 0.896. The first-order valence-electron chi connectivity index (χ1n) is 3.48. The normalized spacial score (nSPS) is 12.2. The van der Waals surface area contributed by atoms with Crippen LogP contribution in [-0.2, 0) is 0 Å². The van der Waals surface area contributed by atoms with Gasteiger partial charge in [0, 0.05) is 0 Å². The molecule has 60 valence electrons. The molecule has 0 spiro atoms. The molecule has 0 aliphatic heterocycles. The number of hydrogen-bond acceptors (Lipinski definition) is 3. The fraction of sp³-hybridized carbons (Fsp3) is 0.600. The molecule has 0 rings (SSSR count). The number of amides is 2. The number of carbonyl (C=O) groups excluding carboxylic acids is 2. The highest BCUT2D eigenvalue weighted by Crippen LogP contribution is 1.95. The van der Waals surface area contributed by atoms with Crippen LogP contribution in [0, 0.1) is 0 Å². The van der Waals surface area contributed by atoms with Gasteiger partial charge in [-0.3, -0.25) is 14.5 Å². The predicted octanol–water partition coefficient (Wildman–Crippen LogP) is -1.64. The SMILES string of the molecule is BC(=O)N(C(B)=O)C(C)NC. The summed E-state index contributed by atoms with van der Waals surface area (Å²) in [4.78, 5) is 22.9. The Bertz CT molecular complexity index is 160. The number of carbonyl (C=O) groups is 2. The molecule has 0 radical (unpaired) electrons. The summed E-state index contributed by atoms with van der Waals surface area (Å²) in [6, 6.07) is 0. The molecular formula is C5H12B2N2O2. The third kappa shape index (κ3) is 2.76. The Balaban J connectivity index is 4.34. The number of nitrogens with zero attached hydrogens (tertiary/aromatic N) is 1. The molecule has 0 aromatic heterocycles. The third-order valence-electron chi connectivity index (χ3n) is 1.48. The van der Waals surface area contributed by atoms with Crippen LogP contribution >= 0.6 is 0 Å². The first-order chi connectivity index (χ1) is 5.00. The van der Waals surface area contributed by atoms with Crippen LogP contribution in [-0.4, -0.2) is 45.4 Å². The van der Waals surface area contributed by atoms with Crippen LogP contribution < -0.4 is 5.32 Å². The van der Waals surface area contributed by atoms with Crippen molar-refractivity contribution >= 4 is 27.3 Å². The Hall–Kier alpha value is -0.770. The fourth-order valence-electron chi connectivity index (χ4n) is 0.896. The van der Waals surface area contributed by atoms with Gasteiger partial charge >= 0.3 is 0 Å². The second-order valence-corrected chi connectivity index (χ2v) is 2.37. The molecule has 0 aromatic rings. The minimum Gasteiger partial charge on any atom is -0.300 e. The standard InChI is InChI=1S/C5H12B2N2O2/c1-3(8-2)9(4(6)10)5(7)11/h3,8H,6-7H2,1-2H3. The van der Waals surface area contributed by atoms with E-state index in [1.807, 2.05) is 0 Å². The van der Waals surface area contributed by atoms with Crippen molar-refractivity contribution in [3.05, 3.63) is 0 Å². The summed E-state index contributed by atoms with van der Waals surface area (Å²) in [7, 11) is 4.44. The predicted molar refractivity (Wildman–Crippen MR) is 48.2 cm³/mol. The minimum atomic E-state index is -0.237. The molecule has 6 heteroatoms. The molecule has 0 saturated heterocycles. The van der Waals surface area contributed by atoms with Gasteiger partial charge in [-0.25, -0.2) is 0 Å². The van der Waals surface area contributed by atoms with E-state index in [-0.39, 0.29) is 17.8 Å². The van der Waals surface area contributed by atoms with Crippen LogP contribution in [0.1, 0.15) is 6.92 Å². The zero-order valence-electron chi connectivity index (χ0n) is 7.34. The van der Waals surface area contributed by atoms with E-state index in [4.69, 9.17) is 0 Å². The molecule has 4 nitrogen and oxygen atoms in total. The van der Waals surface area contributed by atoms with Crippen molar-refractivity contribution in [2.75, 3.05) is 7.05 Å². The molecule has 0 saturated carbocycles. The Morgan fingerprint density at radius 3 is 1.82 bits per heavy atom. The summed E-state index contributed by atoms with van der Waals surface area (Å²) >= 11 is 0. The molecule has 0 heterocycles. The number of rotatable bonds is 2. The summed E-state index contributed by atoms with van der Waals surface area (Å²) in [5.74, 6) is -0.473. The zero-order valence-corrected chi connectivity index (χ0v) is 7.34. The van der Waals surface area contributed by atoms with Gasteiger partial charge in [-0.1, -0.05) is 0 Å². The van der Waals surface area contributed by atoms with Crippen LogP contribution in [0.25, 0.3) is 0 Å². The van der Waals surface area contributed by atoms with Gasteiger partial charge in [0.05, 0.1) is 6.17 Å². The van der Waals surface area contributed by atoms with Crippen molar-refractivity contribution in [2.45, 2.75) is 13.1 Å². The highest BCUT2D eigenvalue weighted by molar-refractivity contribution is 6.65. The van der Waals surface area contributed by atoms with Crippen molar-refractivity contribution in [3.8, 4) is 0 Å². The van der Waals surface area contributed by atoms with Crippen molar-refractivity contribution < 1.29 is 9.59 Å². The van der Waals surface area contributed by atoms with Crippen LogP contribution in [0.3, 0.4) is 0 Å². The molecule has 0 aromatic carbocycles. The Morgan fingerprint density at radius 2 is 1.73 bits per heavy atom. The summed E-state index contributed by atoms with van der Waals surface area (Å²) in [5.41, 5.74) is 0.